The van der Waals surface area contributed by atoms with Crippen LogP contribution >= 0.6 is 22.7 Å². The third-order valence-corrected chi connectivity index (χ3v) is 4.55. The third-order valence-electron chi connectivity index (χ3n) is 2.98. The van der Waals surface area contributed by atoms with Crippen molar-refractivity contribution in [2.24, 2.45) is 5.92 Å². The maximum Gasteiger partial charge on any atom is 0.321 e. The van der Waals surface area contributed by atoms with Crippen LogP contribution in [0.5, 0.6) is 0 Å². The van der Waals surface area contributed by atoms with Gasteiger partial charge in [0.25, 0.3) is 0 Å². The molecule has 2 aromatic heterocycles. The number of hydrogen-bond donors (Lipinski definition) is 3. The number of hydrogen-bond acceptors (Lipinski definition) is 6. The molecule has 2 aromatic rings. The van der Waals surface area contributed by atoms with Crippen molar-refractivity contribution in [3.63, 3.8) is 0 Å². The quantitative estimate of drug-likeness (QED) is 0.723. The first-order chi connectivity index (χ1) is 10.5. The number of aliphatic hydroxyl groups excluding tert-OH is 1. The lowest BCUT2D eigenvalue weighted by Gasteiger charge is -2.13. The molecule has 0 saturated carbocycles. The highest BCUT2D eigenvalue weighted by atomic mass is 32.1. The van der Waals surface area contributed by atoms with Gasteiger partial charge in [0.1, 0.15) is 5.01 Å². The molecule has 2 atom stereocenters. The van der Waals surface area contributed by atoms with Gasteiger partial charge in [-0.05, 0) is 41.7 Å². The fourth-order valence-corrected chi connectivity index (χ4v) is 3.45. The molecule has 0 aliphatic carbocycles. The van der Waals surface area contributed by atoms with Gasteiger partial charge in [0, 0.05) is 13.0 Å². The number of aromatic nitrogens is 2. The summed E-state index contributed by atoms with van der Waals surface area (Å²) in [6.45, 7) is 4.24. The number of aliphatic hydroxyl groups is 1. The summed E-state index contributed by atoms with van der Waals surface area (Å²) in [6.07, 6.45) is 1.03. The molecule has 0 saturated heterocycles. The smallest absolute Gasteiger partial charge is 0.321 e. The molecule has 8 heteroatoms. The molecule has 2 amide bonds. The van der Waals surface area contributed by atoms with E-state index < -0.39 is 0 Å². The minimum Gasteiger partial charge on any atom is -0.393 e. The van der Waals surface area contributed by atoms with Crippen LogP contribution in [-0.2, 0) is 6.42 Å². The van der Waals surface area contributed by atoms with E-state index in [0.29, 0.717) is 18.1 Å². The fraction of sp³-hybridized carbons (Fsp3) is 0.500. The molecule has 0 aliphatic heterocycles. The van der Waals surface area contributed by atoms with Gasteiger partial charge < -0.3 is 10.4 Å². The Bertz CT molecular complexity index is 583. The van der Waals surface area contributed by atoms with Gasteiger partial charge in [-0.25, -0.2) is 4.79 Å². The molecule has 0 bridgehead atoms. The highest BCUT2D eigenvalue weighted by molar-refractivity contribution is 7.15. The maximum atomic E-state index is 11.8. The zero-order chi connectivity index (χ0) is 15.9. The minimum atomic E-state index is -0.359. The van der Waals surface area contributed by atoms with Gasteiger partial charge in [0.15, 0.2) is 0 Å². The number of rotatable bonds is 7. The first-order valence-electron chi connectivity index (χ1n) is 7.09. The molecule has 22 heavy (non-hydrogen) atoms. The van der Waals surface area contributed by atoms with Crippen molar-refractivity contribution in [1.82, 2.24) is 15.5 Å². The minimum absolute atomic E-state index is 0.217. The Labute approximate surface area is 137 Å². The van der Waals surface area contributed by atoms with Gasteiger partial charge >= 0.3 is 6.03 Å². The van der Waals surface area contributed by atoms with E-state index in [1.54, 1.807) is 18.3 Å². The predicted molar refractivity (Wildman–Crippen MR) is 89.5 cm³/mol. The Kier molecular flexibility index (Phi) is 6.29. The van der Waals surface area contributed by atoms with Gasteiger partial charge in [-0.2, -0.15) is 11.3 Å². The largest absolute Gasteiger partial charge is 0.393 e. The van der Waals surface area contributed by atoms with Crippen LogP contribution in [0.3, 0.4) is 0 Å². The number of carbonyl (C=O) groups is 1. The van der Waals surface area contributed by atoms with Crippen LogP contribution < -0.4 is 10.6 Å². The van der Waals surface area contributed by atoms with Gasteiger partial charge in [-0.15, -0.1) is 10.2 Å². The standard InChI is InChI=1S/C14H20N4O2S2/c1-9(5-10(2)19)7-15-13(20)16-14-18-17-12(22-14)6-11-3-4-21-8-11/h3-4,8-10,19H,5-7H2,1-2H3,(H2,15,16,18,20)/t9-,10-/m0/s1. The van der Waals surface area contributed by atoms with Gasteiger partial charge in [-0.3, -0.25) is 5.32 Å². The predicted octanol–water partition coefficient (Wildman–Crippen LogP) is 2.72. The molecule has 0 unspecified atom stereocenters. The lowest BCUT2D eigenvalue weighted by Crippen LogP contribution is -2.33. The maximum absolute atomic E-state index is 11.8. The van der Waals surface area contributed by atoms with E-state index >= 15 is 0 Å². The zero-order valence-corrected chi connectivity index (χ0v) is 14.2. The Morgan fingerprint density at radius 1 is 1.41 bits per heavy atom. The van der Waals surface area contributed by atoms with Crippen molar-refractivity contribution in [2.45, 2.75) is 32.8 Å². The van der Waals surface area contributed by atoms with Crippen LogP contribution in [0.2, 0.25) is 0 Å². The summed E-state index contributed by atoms with van der Waals surface area (Å²) in [5, 5.41) is 28.3. The number of nitrogens with one attached hydrogen (secondary N) is 2. The van der Waals surface area contributed by atoms with Crippen molar-refractivity contribution in [3.05, 3.63) is 27.4 Å². The zero-order valence-electron chi connectivity index (χ0n) is 12.6. The van der Waals surface area contributed by atoms with Crippen LogP contribution in [-0.4, -0.2) is 34.0 Å². The average Bonchev–Trinajstić information content (AvgIpc) is 3.08. The van der Waals surface area contributed by atoms with Crippen LogP contribution in [0.1, 0.15) is 30.8 Å². The summed E-state index contributed by atoms with van der Waals surface area (Å²) in [6, 6.07) is 1.76. The molecular weight excluding hydrogens is 320 g/mol. The van der Waals surface area contributed by atoms with E-state index in [1.165, 1.54) is 16.9 Å². The van der Waals surface area contributed by atoms with E-state index in [1.807, 2.05) is 12.3 Å². The van der Waals surface area contributed by atoms with Crippen LogP contribution in [0.15, 0.2) is 16.8 Å². The van der Waals surface area contributed by atoms with Crippen molar-refractivity contribution >= 4 is 33.8 Å². The van der Waals surface area contributed by atoms with Gasteiger partial charge in [0.2, 0.25) is 5.13 Å². The fourth-order valence-electron chi connectivity index (χ4n) is 2.02. The SMILES string of the molecule is C[C@H](CNC(=O)Nc1nnc(Cc2ccsc2)s1)C[C@H](C)O. The molecule has 6 nitrogen and oxygen atoms in total. The van der Waals surface area contributed by atoms with E-state index in [4.69, 9.17) is 0 Å². The summed E-state index contributed by atoms with van der Waals surface area (Å²) in [4.78, 5) is 11.8. The van der Waals surface area contributed by atoms with Crippen molar-refractivity contribution in [2.75, 3.05) is 11.9 Å². The van der Waals surface area contributed by atoms with Crippen molar-refractivity contribution in [1.29, 1.82) is 0 Å². The number of amides is 2. The van der Waals surface area contributed by atoms with Gasteiger partial charge in [0.05, 0.1) is 6.10 Å². The van der Waals surface area contributed by atoms with E-state index in [0.717, 1.165) is 11.4 Å². The van der Waals surface area contributed by atoms with Crippen LogP contribution in [0.4, 0.5) is 9.93 Å². The lowest BCUT2D eigenvalue weighted by atomic mass is 10.1. The molecule has 3 N–H and O–H groups in total. The first-order valence-corrected chi connectivity index (χ1v) is 8.85. The highest BCUT2D eigenvalue weighted by Gasteiger charge is 2.11. The molecule has 0 radical (unpaired) electrons. The number of thiophene rings is 1. The monoisotopic (exact) mass is 340 g/mol. The Morgan fingerprint density at radius 3 is 2.91 bits per heavy atom. The molecular formula is C14H20N4O2S2. The van der Waals surface area contributed by atoms with Crippen molar-refractivity contribution < 1.29 is 9.90 Å². The number of nitrogens with zero attached hydrogens (tertiary/aromatic N) is 2. The molecule has 0 aliphatic rings. The third kappa shape index (κ3) is 5.70. The second-order valence-corrected chi connectivity index (χ2v) is 7.18. The molecule has 0 fully saturated rings. The molecule has 0 spiro atoms. The van der Waals surface area contributed by atoms with Crippen LogP contribution in [0, 0.1) is 5.92 Å². The molecule has 120 valence electrons. The molecule has 2 heterocycles. The number of anilines is 1. The first kappa shape index (κ1) is 16.9. The number of carbonyl (C=O) groups excluding carboxylic acids is 1. The summed E-state index contributed by atoms with van der Waals surface area (Å²) in [7, 11) is 0. The summed E-state index contributed by atoms with van der Waals surface area (Å²) in [5.41, 5.74) is 1.20. The Balaban J connectivity index is 1.76. The van der Waals surface area contributed by atoms with Crippen LogP contribution in [0.25, 0.3) is 0 Å². The second kappa shape index (κ2) is 8.21. The molecule has 2 rings (SSSR count). The van der Waals surface area contributed by atoms with E-state index in [2.05, 4.69) is 32.3 Å². The summed E-state index contributed by atoms with van der Waals surface area (Å²) >= 11 is 3.02. The highest BCUT2D eigenvalue weighted by Crippen LogP contribution is 2.19. The number of urea groups is 1. The normalized spacial score (nSPS) is 13.6. The van der Waals surface area contributed by atoms with E-state index in [-0.39, 0.29) is 18.1 Å². The Morgan fingerprint density at radius 2 is 2.23 bits per heavy atom. The summed E-state index contributed by atoms with van der Waals surface area (Å²) in [5.74, 6) is 0.217. The Hall–Kier alpha value is -1.51. The second-order valence-electron chi connectivity index (χ2n) is 5.33. The van der Waals surface area contributed by atoms with Crippen molar-refractivity contribution in [3.8, 4) is 0 Å². The van der Waals surface area contributed by atoms with E-state index in [9.17, 15) is 9.90 Å². The lowest BCUT2D eigenvalue weighted by molar-refractivity contribution is 0.163. The molecule has 0 aromatic carbocycles. The summed E-state index contributed by atoms with van der Waals surface area (Å²) < 4.78 is 0. The topological polar surface area (TPSA) is 87.1 Å². The van der Waals surface area contributed by atoms with Gasteiger partial charge in [-0.1, -0.05) is 18.3 Å². The average molecular weight is 340 g/mol.